The van der Waals surface area contributed by atoms with Gasteiger partial charge in [0.25, 0.3) is 0 Å². The van der Waals surface area contributed by atoms with E-state index in [2.05, 4.69) is 11.2 Å². The van der Waals surface area contributed by atoms with E-state index in [1.807, 2.05) is 11.8 Å². The zero-order valence-corrected chi connectivity index (χ0v) is 10.4. The van der Waals surface area contributed by atoms with Gasteiger partial charge in [0.2, 0.25) is 0 Å². The van der Waals surface area contributed by atoms with E-state index in [0.717, 1.165) is 0 Å². The minimum absolute atomic E-state index is 0.458. The molecule has 0 radical (unpaired) electrons. The Morgan fingerprint density at radius 1 is 1.43 bits per heavy atom. The van der Waals surface area contributed by atoms with E-state index in [1.54, 1.807) is 0 Å². The van der Waals surface area contributed by atoms with Crippen LogP contribution in [0.4, 0.5) is 0 Å². The normalized spacial score (nSPS) is 20.1. The lowest BCUT2D eigenvalue weighted by Crippen LogP contribution is -2.38. The number of piperidine rings is 1. The van der Waals surface area contributed by atoms with Crippen molar-refractivity contribution >= 4 is 23.4 Å². The lowest BCUT2D eigenvalue weighted by atomic mass is 10.1. The molecule has 0 atom stereocenters. The summed E-state index contributed by atoms with van der Waals surface area (Å²) in [5.41, 5.74) is 0. The monoisotopic (exact) mass is 237 g/mol. The Kier molecular flexibility index (Phi) is 7.04. The summed E-state index contributed by atoms with van der Waals surface area (Å²) in [6.07, 6.45) is 4.96. The second-order valence-electron chi connectivity index (χ2n) is 3.59. The third-order valence-electron chi connectivity index (χ3n) is 2.58. The van der Waals surface area contributed by atoms with Gasteiger partial charge in [0.1, 0.15) is 0 Å². The van der Waals surface area contributed by atoms with Crippen LogP contribution in [-0.2, 0) is 4.74 Å². The molecule has 0 unspecified atom stereocenters. The van der Waals surface area contributed by atoms with Crippen molar-refractivity contribution in [2.75, 3.05) is 44.1 Å². The number of ether oxygens (including phenoxy) is 1. The molecule has 0 bridgehead atoms. The molecule has 0 aliphatic carbocycles. The maximum atomic E-state index is 5.62. The number of likely N-dealkylation sites (tertiary alicyclic amines) is 1. The van der Waals surface area contributed by atoms with E-state index < -0.39 is 0 Å². The smallest absolute Gasteiger partial charge is 0.0605 e. The Bertz CT molecular complexity index is 124. The van der Waals surface area contributed by atoms with Crippen molar-refractivity contribution < 1.29 is 4.74 Å². The van der Waals surface area contributed by atoms with Crippen molar-refractivity contribution in [3.63, 3.8) is 0 Å². The summed E-state index contributed by atoms with van der Waals surface area (Å²) in [7, 11) is 0. The van der Waals surface area contributed by atoms with Crippen LogP contribution in [0.3, 0.4) is 0 Å². The minimum atomic E-state index is 0.458. The Labute approximate surface area is 96.3 Å². The SMILES string of the molecule is CSCCN1CCC(OCCCl)CC1. The Balaban J connectivity index is 2.05. The van der Waals surface area contributed by atoms with Crippen molar-refractivity contribution in [3.05, 3.63) is 0 Å². The minimum Gasteiger partial charge on any atom is -0.377 e. The number of nitrogens with zero attached hydrogens (tertiary/aromatic N) is 1. The Morgan fingerprint density at radius 2 is 2.14 bits per heavy atom. The summed E-state index contributed by atoms with van der Waals surface area (Å²) in [6, 6.07) is 0. The summed E-state index contributed by atoms with van der Waals surface area (Å²) >= 11 is 7.50. The molecule has 0 amide bonds. The first-order valence-corrected chi connectivity index (χ1v) is 7.18. The van der Waals surface area contributed by atoms with Crippen LogP contribution in [-0.4, -0.2) is 55.1 Å². The van der Waals surface area contributed by atoms with Crippen molar-refractivity contribution in [1.29, 1.82) is 0 Å². The highest BCUT2D eigenvalue weighted by Gasteiger charge is 2.18. The maximum Gasteiger partial charge on any atom is 0.0605 e. The van der Waals surface area contributed by atoms with Gasteiger partial charge in [-0.2, -0.15) is 11.8 Å². The second-order valence-corrected chi connectivity index (χ2v) is 4.96. The van der Waals surface area contributed by atoms with E-state index >= 15 is 0 Å². The van der Waals surface area contributed by atoms with Gasteiger partial charge in [-0.15, -0.1) is 11.6 Å². The molecule has 2 nitrogen and oxygen atoms in total. The van der Waals surface area contributed by atoms with E-state index in [-0.39, 0.29) is 0 Å². The molecule has 1 saturated heterocycles. The van der Waals surface area contributed by atoms with E-state index in [4.69, 9.17) is 16.3 Å². The molecule has 0 aromatic rings. The van der Waals surface area contributed by atoms with Gasteiger partial charge < -0.3 is 9.64 Å². The molecule has 0 saturated carbocycles. The fourth-order valence-electron chi connectivity index (χ4n) is 1.73. The molecule has 84 valence electrons. The van der Waals surface area contributed by atoms with Crippen LogP contribution in [0.15, 0.2) is 0 Å². The first-order chi connectivity index (χ1) is 6.86. The predicted molar refractivity (Wildman–Crippen MR) is 64.5 cm³/mol. The van der Waals surface area contributed by atoms with Gasteiger partial charge in [0.05, 0.1) is 12.7 Å². The molecule has 1 heterocycles. The second kappa shape index (κ2) is 7.80. The summed E-state index contributed by atoms with van der Waals surface area (Å²) in [5, 5.41) is 0. The number of hydrogen-bond donors (Lipinski definition) is 0. The van der Waals surface area contributed by atoms with Crippen LogP contribution < -0.4 is 0 Å². The highest BCUT2D eigenvalue weighted by Crippen LogP contribution is 2.13. The Morgan fingerprint density at radius 3 is 2.71 bits per heavy atom. The molecule has 1 aliphatic rings. The van der Waals surface area contributed by atoms with Gasteiger partial charge in [0, 0.05) is 31.3 Å². The van der Waals surface area contributed by atoms with Gasteiger partial charge in [-0.25, -0.2) is 0 Å². The molecule has 1 aliphatic heterocycles. The van der Waals surface area contributed by atoms with Gasteiger partial charge in [-0.05, 0) is 19.1 Å². The molecular weight excluding hydrogens is 218 g/mol. The highest BCUT2D eigenvalue weighted by atomic mass is 35.5. The number of hydrogen-bond acceptors (Lipinski definition) is 3. The largest absolute Gasteiger partial charge is 0.377 e. The van der Waals surface area contributed by atoms with Crippen LogP contribution in [0.2, 0.25) is 0 Å². The summed E-state index contributed by atoms with van der Waals surface area (Å²) in [5.74, 6) is 1.86. The number of halogens is 1. The third-order valence-corrected chi connectivity index (χ3v) is 3.32. The third kappa shape index (κ3) is 4.87. The van der Waals surface area contributed by atoms with Crippen molar-refractivity contribution in [2.24, 2.45) is 0 Å². The molecule has 0 aromatic carbocycles. The predicted octanol–water partition coefficient (Wildman–Crippen LogP) is 2.07. The number of alkyl halides is 1. The summed E-state index contributed by atoms with van der Waals surface area (Å²) in [6.45, 7) is 4.31. The summed E-state index contributed by atoms with van der Waals surface area (Å²) < 4.78 is 5.62. The average molecular weight is 238 g/mol. The van der Waals surface area contributed by atoms with Gasteiger partial charge in [-0.1, -0.05) is 0 Å². The highest BCUT2D eigenvalue weighted by molar-refractivity contribution is 7.98. The number of thioether (sulfide) groups is 1. The standard InChI is InChI=1S/C10H20ClNOS/c1-14-9-7-12-5-2-10(3-6-12)13-8-4-11/h10H,2-9H2,1H3. The fraction of sp³-hybridized carbons (Fsp3) is 1.00. The topological polar surface area (TPSA) is 12.5 Å². The first-order valence-electron chi connectivity index (χ1n) is 5.25. The fourth-order valence-corrected chi connectivity index (χ4v) is 2.26. The van der Waals surface area contributed by atoms with E-state index in [0.29, 0.717) is 18.6 Å². The number of rotatable bonds is 6. The molecular formula is C10H20ClNOS. The molecule has 0 spiro atoms. The molecule has 4 heteroatoms. The van der Waals surface area contributed by atoms with Crippen molar-refractivity contribution in [3.8, 4) is 0 Å². The van der Waals surface area contributed by atoms with Crippen LogP contribution in [0.25, 0.3) is 0 Å². The quantitative estimate of drug-likeness (QED) is 0.657. The lowest BCUT2D eigenvalue weighted by molar-refractivity contribution is 0.0166. The van der Waals surface area contributed by atoms with Crippen LogP contribution >= 0.6 is 23.4 Å². The molecule has 1 fully saturated rings. The average Bonchev–Trinajstić information content (AvgIpc) is 2.25. The van der Waals surface area contributed by atoms with E-state index in [9.17, 15) is 0 Å². The maximum absolute atomic E-state index is 5.62. The van der Waals surface area contributed by atoms with E-state index in [1.165, 1.54) is 38.2 Å². The van der Waals surface area contributed by atoms with Gasteiger partial charge in [-0.3, -0.25) is 0 Å². The summed E-state index contributed by atoms with van der Waals surface area (Å²) in [4.78, 5) is 2.52. The van der Waals surface area contributed by atoms with Crippen LogP contribution in [0, 0.1) is 0 Å². The van der Waals surface area contributed by atoms with Crippen molar-refractivity contribution in [2.45, 2.75) is 18.9 Å². The lowest BCUT2D eigenvalue weighted by Gasteiger charge is -2.31. The molecule has 0 N–H and O–H groups in total. The Hall–Kier alpha value is 0.560. The molecule has 0 aromatic heterocycles. The van der Waals surface area contributed by atoms with Crippen molar-refractivity contribution in [1.82, 2.24) is 4.90 Å². The zero-order chi connectivity index (χ0) is 10.2. The first kappa shape index (κ1) is 12.6. The van der Waals surface area contributed by atoms with Crippen LogP contribution in [0.5, 0.6) is 0 Å². The van der Waals surface area contributed by atoms with Gasteiger partial charge in [0.15, 0.2) is 0 Å². The van der Waals surface area contributed by atoms with Crippen LogP contribution in [0.1, 0.15) is 12.8 Å². The van der Waals surface area contributed by atoms with Gasteiger partial charge >= 0.3 is 0 Å². The zero-order valence-electron chi connectivity index (χ0n) is 8.88. The molecule has 1 rings (SSSR count). The molecule has 14 heavy (non-hydrogen) atoms.